The fraction of sp³-hybridized carbons (Fsp3) is 0.588. The van der Waals surface area contributed by atoms with E-state index >= 15 is 0 Å². The number of nitrogens with one attached hydrogen (secondary N) is 2. The lowest BCUT2D eigenvalue weighted by atomic mass is 10.1. The molecule has 5 nitrogen and oxygen atoms in total. The smallest absolute Gasteiger partial charge is 0.239 e. The van der Waals surface area contributed by atoms with Crippen molar-refractivity contribution in [3.8, 4) is 0 Å². The molecule has 1 fully saturated rings. The molecule has 0 bridgehead atoms. The molecule has 0 spiro atoms. The van der Waals surface area contributed by atoms with Gasteiger partial charge in [-0.2, -0.15) is 0 Å². The minimum absolute atomic E-state index is 0.0205. The Morgan fingerprint density at radius 1 is 1.45 bits per heavy atom. The Morgan fingerprint density at radius 2 is 2.18 bits per heavy atom. The van der Waals surface area contributed by atoms with Crippen LogP contribution in [0.25, 0.3) is 0 Å². The van der Waals surface area contributed by atoms with E-state index in [2.05, 4.69) is 41.6 Å². The van der Waals surface area contributed by atoms with Crippen molar-refractivity contribution in [2.24, 2.45) is 0 Å². The molecule has 1 aliphatic rings. The first-order valence-electron chi connectivity index (χ1n) is 7.95. The van der Waals surface area contributed by atoms with Gasteiger partial charge in [0.2, 0.25) is 5.91 Å². The first kappa shape index (κ1) is 16.9. The van der Waals surface area contributed by atoms with Gasteiger partial charge in [-0.3, -0.25) is 9.69 Å². The number of rotatable bonds is 6. The van der Waals surface area contributed by atoms with Crippen molar-refractivity contribution in [3.63, 3.8) is 0 Å². The Labute approximate surface area is 133 Å². The number of morpholine rings is 1. The van der Waals surface area contributed by atoms with Gasteiger partial charge in [0.05, 0.1) is 12.7 Å². The lowest BCUT2D eigenvalue weighted by Gasteiger charge is -2.30. The Morgan fingerprint density at radius 3 is 2.86 bits per heavy atom. The molecule has 1 amide bonds. The maximum atomic E-state index is 12.2. The molecule has 1 aromatic carbocycles. The van der Waals surface area contributed by atoms with Crippen LogP contribution in [-0.2, 0) is 16.1 Å². The van der Waals surface area contributed by atoms with Crippen molar-refractivity contribution in [3.05, 3.63) is 35.9 Å². The van der Waals surface area contributed by atoms with Crippen LogP contribution in [0.3, 0.4) is 0 Å². The lowest BCUT2D eigenvalue weighted by molar-refractivity contribution is -0.129. The number of carbonyl (C=O) groups excluding carboxylic acids is 1. The van der Waals surface area contributed by atoms with E-state index in [1.807, 2.05) is 25.1 Å². The molecule has 2 N–H and O–H groups in total. The third kappa shape index (κ3) is 4.80. The topological polar surface area (TPSA) is 53.6 Å². The highest BCUT2D eigenvalue weighted by Gasteiger charge is 2.28. The Bertz CT molecular complexity index is 466. The van der Waals surface area contributed by atoms with Crippen LogP contribution in [0.15, 0.2) is 30.3 Å². The van der Waals surface area contributed by atoms with E-state index in [-0.39, 0.29) is 24.1 Å². The number of amides is 1. The van der Waals surface area contributed by atoms with Gasteiger partial charge in [0.25, 0.3) is 0 Å². The zero-order valence-corrected chi connectivity index (χ0v) is 13.7. The fourth-order valence-corrected chi connectivity index (χ4v) is 2.57. The number of carbonyl (C=O) groups is 1. The average molecular weight is 305 g/mol. The highest BCUT2D eigenvalue weighted by Crippen LogP contribution is 2.07. The van der Waals surface area contributed by atoms with E-state index in [1.165, 1.54) is 5.56 Å². The second-order valence-electron chi connectivity index (χ2n) is 6.00. The summed E-state index contributed by atoms with van der Waals surface area (Å²) in [5, 5.41) is 6.24. The van der Waals surface area contributed by atoms with E-state index in [1.54, 1.807) is 0 Å². The van der Waals surface area contributed by atoms with Gasteiger partial charge in [-0.05, 0) is 26.5 Å². The highest BCUT2D eigenvalue weighted by molar-refractivity contribution is 5.82. The summed E-state index contributed by atoms with van der Waals surface area (Å²) in [6, 6.07) is 10.4. The van der Waals surface area contributed by atoms with Crippen molar-refractivity contribution in [1.29, 1.82) is 0 Å². The van der Waals surface area contributed by atoms with Crippen LogP contribution >= 0.6 is 0 Å². The second kappa shape index (κ2) is 8.27. The molecular weight excluding hydrogens is 278 g/mol. The molecular formula is C17H27N3O2. The number of likely N-dealkylation sites (N-methyl/N-ethyl adjacent to an activating group) is 1. The van der Waals surface area contributed by atoms with E-state index in [0.717, 1.165) is 13.1 Å². The molecule has 0 aromatic heterocycles. The minimum Gasteiger partial charge on any atom is -0.375 e. The summed E-state index contributed by atoms with van der Waals surface area (Å²) in [6.45, 7) is 6.96. The van der Waals surface area contributed by atoms with Gasteiger partial charge in [-0.25, -0.2) is 0 Å². The Balaban J connectivity index is 1.76. The van der Waals surface area contributed by atoms with Crippen LogP contribution in [0.4, 0.5) is 0 Å². The lowest BCUT2D eigenvalue weighted by Crippen LogP contribution is -2.56. The number of nitrogens with zero attached hydrogens (tertiary/aromatic N) is 1. The summed E-state index contributed by atoms with van der Waals surface area (Å²) in [5.74, 6) is 0.0205. The summed E-state index contributed by atoms with van der Waals surface area (Å²) in [7, 11) is 2.08. The summed E-state index contributed by atoms with van der Waals surface area (Å²) < 4.78 is 5.51. The van der Waals surface area contributed by atoms with Gasteiger partial charge < -0.3 is 15.4 Å². The molecule has 122 valence electrons. The van der Waals surface area contributed by atoms with Crippen molar-refractivity contribution in [2.75, 3.05) is 26.7 Å². The molecule has 0 saturated carbocycles. The van der Waals surface area contributed by atoms with E-state index < -0.39 is 0 Å². The largest absolute Gasteiger partial charge is 0.375 e. The van der Waals surface area contributed by atoms with Gasteiger partial charge in [0.15, 0.2) is 0 Å². The second-order valence-corrected chi connectivity index (χ2v) is 6.00. The molecule has 0 radical (unpaired) electrons. The standard InChI is InChI=1S/C17H27N3O2/c1-13(20(3)12-15-7-5-4-6-8-15)11-19-17(21)16-14(2)22-10-9-18-16/h4-8,13-14,16,18H,9-12H2,1-3H3,(H,19,21)/t13?,14-,16+/m1/s1. The van der Waals surface area contributed by atoms with Crippen LogP contribution in [-0.4, -0.2) is 55.7 Å². The van der Waals surface area contributed by atoms with E-state index in [0.29, 0.717) is 13.2 Å². The third-order valence-corrected chi connectivity index (χ3v) is 4.20. The number of ether oxygens (including phenoxy) is 1. The maximum Gasteiger partial charge on any atom is 0.239 e. The van der Waals surface area contributed by atoms with E-state index in [4.69, 9.17) is 4.74 Å². The van der Waals surface area contributed by atoms with Gasteiger partial charge in [0, 0.05) is 25.7 Å². The van der Waals surface area contributed by atoms with Gasteiger partial charge in [0.1, 0.15) is 6.04 Å². The first-order valence-corrected chi connectivity index (χ1v) is 7.95. The molecule has 1 heterocycles. The first-order chi connectivity index (χ1) is 10.6. The van der Waals surface area contributed by atoms with Crippen molar-refractivity contribution < 1.29 is 9.53 Å². The molecule has 3 atom stereocenters. The van der Waals surface area contributed by atoms with Crippen LogP contribution in [0, 0.1) is 0 Å². The molecule has 22 heavy (non-hydrogen) atoms. The van der Waals surface area contributed by atoms with Gasteiger partial charge >= 0.3 is 0 Å². The van der Waals surface area contributed by atoms with Crippen molar-refractivity contribution in [1.82, 2.24) is 15.5 Å². The zero-order valence-electron chi connectivity index (χ0n) is 13.7. The molecule has 0 aliphatic carbocycles. The summed E-state index contributed by atoms with van der Waals surface area (Å²) in [6.07, 6.45) is -0.0777. The van der Waals surface area contributed by atoms with Crippen molar-refractivity contribution >= 4 is 5.91 Å². The average Bonchev–Trinajstić information content (AvgIpc) is 2.53. The number of hydrogen-bond donors (Lipinski definition) is 2. The predicted molar refractivity (Wildman–Crippen MR) is 87.6 cm³/mol. The summed E-state index contributed by atoms with van der Waals surface area (Å²) >= 11 is 0. The normalized spacial score (nSPS) is 23.3. The minimum atomic E-state index is -0.250. The molecule has 1 aliphatic heterocycles. The monoisotopic (exact) mass is 305 g/mol. The zero-order chi connectivity index (χ0) is 15.9. The molecule has 1 unspecified atom stereocenters. The van der Waals surface area contributed by atoms with Crippen molar-refractivity contribution in [2.45, 2.75) is 38.6 Å². The maximum absolute atomic E-state index is 12.2. The SMILES string of the molecule is CC(CNC(=O)[C@H]1NCCO[C@@H]1C)N(C)Cc1ccccc1. The van der Waals surface area contributed by atoms with Crippen LogP contribution in [0.5, 0.6) is 0 Å². The molecule has 5 heteroatoms. The fourth-order valence-electron chi connectivity index (χ4n) is 2.57. The highest BCUT2D eigenvalue weighted by atomic mass is 16.5. The molecule has 1 saturated heterocycles. The van der Waals surface area contributed by atoms with Crippen LogP contribution < -0.4 is 10.6 Å². The number of benzene rings is 1. The third-order valence-electron chi connectivity index (χ3n) is 4.20. The van der Waals surface area contributed by atoms with Crippen LogP contribution in [0.2, 0.25) is 0 Å². The summed E-state index contributed by atoms with van der Waals surface area (Å²) in [4.78, 5) is 14.5. The van der Waals surface area contributed by atoms with E-state index in [9.17, 15) is 4.79 Å². The van der Waals surface area contributed by atoms with Gasteiger partial charge in [-0.1, -0.05) is 30.3 Å². The predicted octanol–water partition coefficient (Wildman–Crippen LogP) is 1.00. The van der Waals surface area contributed by atoms with Gasteiger partial charge in [-0.15, -0.1) is 0 Å². The van der Waals surface area contributed by atoms with Crippen LogP contribution in [0.1, 0.15) is 19.4 Å². The molecule has 1 aromatic rings. The quantitative estimate of drug-likeness (QED) is 0.823. The summed E-state index contributed by atoms with van der Waals surface area (Å²) in [5.41, 5.74) is 1.28. The molecule has 2 rings (SSSR count). The Hall–Kier alpha value is -1.43. The Kier molecular flexibility index (Phi) is 6.36. The number of hydrogen-bond acceptors (Lipinski definition) is 4.